The molecule has 0 spiro atoms. The van der Waals surface area contributed by atoms with E-state index in [1.165, 1.54) is 0 Å². The Kier molecular flexibility index (Phi) is 2.12. The molecular weight excluding hydrogens is 186 g/mol. The van der Waals surface area contributed by atoms with Crippen LogP contribution in [0, 0.1) is 11.3 Å². The molecule has 0 atom stereocenters. The van der Waals surface area contributed by atoms with Crippen molar-refractivity contribution in [2.75, 3.05) is 0 Å². The first-order valence-electron chi connectivity index (χ1n) is 5.12. The minimum atomic E-state index is -0.472. The summed E-state index contributed by atoms with van der Waals surface area (Å²) >= 11 is 0. The van der Waals surface area contributed by atoms with E-state index in [0.29, 0.717) is 6.42 Å². The van der Waals surface area contributed by atoms with Gasteiger partial charge in [0.15, 0.2) is 5.78 Å². The number of fused-ring (bicyclic) bond motifs is 1. The Morgan fingerprint density at radius 3 is 2.73 bits per heavy atom. The molecule has 0 amide bonds. The summed E-state index contributed by atoms with van der Waals surface area (Å²) in [6, 6.07) is 8.03. The molecule has 0 saturated heterocycles. The molecule has 0 fully saturated rings. The Morgan fingerprint density at radius 2 is 2.07 bits per heavy atom. The molecule has 0 aromatic heterocycles. The van der Waals surface area contributed by atoms with E-state index in [9.17, 15) is 4.79 Å². The van der Waals surface area contributed by atoms with Crippen molar-refractivity contribution >= 4 is 5.78 Å². The zero-order valence-electron chi connectivity index (χ0n) is 9.00. The highest BCUT2D eigenvalue weighted by atomic mass is 16.1. The minimum absolute atomic E-state index is 0.228. The normalized spacial score (nSPS) is 14.9. The molecule has 2 heteroatoms. The highest BCUT2D eigenvalue weighted by Gasteiger charge is 2.24. The zero-order valence-corrected chi connectivity index (χ0v) is 9.00. The van der Waals surface area contributed by atoms with E-state index in [2.05, 4.69) is 6.07 Å². The fraction of sp³-hybridized carbons (Fsp3) is 0.385. The van der Waals surface area contributed by atoms with Crippen molar-refractivity contribution < 1.29 is 4.79 Å². The van der Waals surface area contributed by atoms with Gasteiger partial charge in [0.1, 0.15) is 0 Å². The van der Waals surface area contributed by atoms with Gasteiger partial charge in [-0.15, -0.1) is 0 Å². The van der Waals surface area contributed by atoms with E-state index in [4.69, 9.17) is 5.26 Å². The van der Waals surface area contributed by atoms with Crippen LogP contribution < -0.4 is 0 Å². The Hall–Kier alpha value is -1.62. The molecule has 0 unspecified atom stereocenters. The van der Waals surface area contributed by atoms with Gasteiger partial charge in [0.2, 0.25) is 0 Å². The molecule has 2 rings (SSSR count). The lowest BCUT2D eigenvalue weighted by molar-refractivity contribution is 0.0994. The van der Waals surface area contributed by atoms with Crippen molar-refractivity contribution in [3.05, 3.63) is 34.9 Å². The topological polar surface area (TPSA) is 40.9 Å². The van der Waals surface area contributed by atoms with Gasteiger partial charge in [0.25, 0.3) is 0 Å². The third-order valence-electron chi connectivity index (χ3n) is 3.03. The number of Topliss-reactive ketones (excluding diaryl/α,β-unsaturated/α-hetero) is 1. The molecular formula is C13H13NO. The molecule has 1 aromatic rings. The standard InChI is InChI=1S/C13H13NO/c1-13(2,8-14)10-4-5-11-9(7-10)3-6-12(11)15/h4-5,7H,3,6H2,1-2H3. The first kappa shape index (κ1) is 9.92. The smallest absolute Gasteiger partial charge is 0.163 e. The van der Waals surface area contributed by atoms with Gasteiger partial charge in [-0.1, -0.05) is 18.2 Å². The molecule has 0 saturated carbocycles. The lowest BCUT2D eigenvalue weighted by Gasteiger charge is -2.16. The van der Waals surface area contributed by atoms with Crippen LogP contribution in [0.2, 0.25) is 0 Å². The highest BCUT2D eigenvalue weighted by Crippen LogP contribution is 2.28. The molecule has 0 radical (unpaired) electrons. The first-order valence-corrected chi connectivity index (χ1v) is 5.12. The number of nitrogens with zero attached hydrogens (tertiary/aromatic N) is 1. The van der Waals surface area contributed by atoms with E-state index >= 15 is 0 Å². The quantitative estimate of drug-likeness (QED) is 0.697. The Morgan fingerprint density at radius 1 is 1.33 bits per heavy atom. The number of hydrogen-bond acceptors (Lipinski definition) is 2. The summed E-state index contributed by atoms with van der Waals surface area (Å²) in [7, 11) is 0. The van der Waals surface area contributed by atoms with Crippen molar-refractivity contribution in [2.24, 2.45) is 0 Å². The van der Waals surface area contributed by atoms with Crippen LogP contribution in [0.3, 0.4) is 0 Å². The zero-order chi connectivity index (χ0) is 11.1. The Balaban J connectivity index is 2.49. The maximum atomic E-state index is 11.4. The molecule has 1 aromatic carbocycles. The maximum absolute atomic E-state index is 11.4. The molecule has 2 nitrogen and oxygen atoms in total. The predicted molar refractivity (Wildman–Crippen MR) is 57.7 cm³/mol. The number of ketones is 1. The number of hydrogen-bond donors (Lipinski definition) is 0. The molecule has 15 heavy (non-hydrogen) atoms. The van der Waals surface area contributed by atoms with Gasteiger partial charge >= 0.3 is 0 Å². The average Bonchev–Trinajstić information content (AvgIpc) is 2.60. The van der Waals surface area contributed by atoms with Crippen molar-refractivity contribution in [1.82, 2.24) is 0 Å². The van der Waals surface area contributed by atoms with Crippen molar-refractivity contribution in [3.63, 3.8) is 0 Å². The SMILES string of the molecule is CC(C)(C#N)c1ccc2c(c1)CCC2=O. The molecule has 1 aliphatic carbocycles. The van der Waals surface area contributed by atoms with Crippen LogP contribution in [0.5, 0.6) is 0 Å². The second-order valence-corrected chi connectivity index (χ2v) is 4.53. The van der Waals surface area contributed by atoms with Crippen molar-refractivity contribution in [2.45, 2.75) is 32.1 Å². The van der Waals surface area contributed by atoms with Crippen LogP contribution in [-0.4, -0.2) is 5.78 Å². The second-order valence-electron chi connectivity index (χ2n) is 4.53. The first-order chi connectivity index (χ1) is 7.04. The average molecular weight is 199 g/mol. The Labute approximate surface area is 89.5 Å². The van der Waals surface area contributed by atoms with E-state index in [-0.39, 0.29) is 5.78 Å². The van der Waals surface area contributed by atoms with Crippen LogP contribution >= 0.6 is 0 Å². The van der Waals surface area contributed by atoms with Gasteiger partial charge < -0.3 is 0 Å². The summed E-state index contributed by atoms with van der Waals surface area (Å²) in [4.78, 5) is 11.4. The Bertz CT molecular complexity index is 466. The predicted octanol–water partition coefficient (Wildman–Crippen LogP) is 2.62. The van der Waals surface area contributed by atoms with Gasteiger partial charge in [-0.05, 0) is 31.4 Å². The number of nitriles is 1. The fourth-order valence-electron chi connectivity index (χ4n) is 1.91. The van der Waals surface area contributed by atoms with Gasteiger partial charge in [-0.3, -0.25) is 4.79 Å². The van der Waals surface area contributed by atoms with Crippen LogP contribution in [-0.2, 0) is 11.8 Å². The molecule has 0 bridgehead atoms. The third-order valence-corrected chi connectivity index (χ3v) is 3.03. The van der Waals surface area contributed by atoms with Gasteiger partial charge in [0, 0.05) is 12.0 Å². The summed E-state index contributed by atoms with van der Waals surface area (Å²) in [5.41, 5.74) is 2.47. The second kappa shape index (κ2) is 3.20. The number of benzene rings is 1. The van der Waals surface area contributed by atoms with Crippen molar-refractivity contribution in [3.8, 4) is 6.07 Å². The maximum Gasteiger partial charge on any atom is 0.163 e. The minimum Gasteiger partial charge on any atom is -0.294 e. The summed E-state index contributed by atoms with van der Waals surface area (Å²) in [6.45, 7) is 3.79. The number of carbonyl (C=O) groups is 1. The fourth-order valence-corrected chi connectivity index (χ4v) is 1.91. The lowest BCUT2D eigenvalue weighted by Crippen LogP contribution is -2.14. The monoisotopic (exact) mass is 199 g/mol. The lowest BCUT2D eigenvalue weighted by atomic mass is 9.85. The van der Waals surface area contributed by atoms with E-state index in [1.54, 1.807) is 0 Å². The number of aryl methyl sites for hydroxylation is 1. The van der Waals surface area contributed by atoms with Gasteiger partial charge in [-0.2, -0.15) is 5.26 Å². The summed E-state index contributed by atoms with van der Waals surface area (Å²) in [5, 5.41) is 9.03. The summed E-state index contributed by atoms with van der Waals surface area (Å²) < 4.78 is 0. The van der Waals surface area contributed by atoms with E-state index in [0.717, 1.165) is 23.1 Å². The molecule has 1 aliphatic rings. The molecule has 0 heterocycles. The highest BCUT2D eigenvalue weighted by molar-refractivity contribution is 6.00. The van der Waals surface area contributed by atoms with E-state index < -0.39 is 5.41 Å². The molecule has 76 valence electrons. The van der Waals surface area contributed by atoms with Crippen molar-refractivity contribution in [1.29, 1.82) is 5.26 Å². The summed E-state index contributed by atoms with van der Waals surface area (Å²) in [5.74, 6) is 0.228. The number of rotatable bonds is 1. The van der Waals surface area contributed by atoms with Gasteiger partial charge in [0.05, 0.1) is 11.5 Å². The molecule has 0 N–H and O–H groups in total. The van der Waals surface area contributed by atoms with Crippen LogP contribution in [0.1, 0.15) is 41.8 Å². The van der Waals surface area contributed by atoms with E-state index in [1.807, 2.05) is 32.0 Å². The van der Waals surface area contributed by atoms with Crippen LogP contribution in [0.25, 0.3) is 0 Å². The van der Waals surface area contributed by atoms with Crippen LogP contribution in [0.4, 0.5) is 0 Å². The van der Waals surface area contributed by atoms with Gasteiger partial charge in [-0.25, -0.2) is 0 Å². The largest absolute Gasteiger partial charge is 0.294 e. The molecule has 0 aliphatic heterocycles. The van der Waals surface area contributed by atoms with Crippen LogP contribution in [0.15, 0.2) is 18.2 Å². The third kappa shape index (κ3) is 1.55. The summed E-state index contributed by atoms with van der Waals surface area (Å²) in [6.07, 6.45) is 1.44. The number of carbonyl (C=O) groups excluding carboxylic acids is 1.